The Morgan fingerprint density at radius 1 is 1.23 bits per heavy atom. The molecule has 2 heterocycles. The second kappa shape index (κ2) is 5.88. The van der Waals surface area contributed by atoms with Crippen LogP contribution in [-0.4, -0.2) is 20.2 Å². The Bertz CT molecular complexity index is 815. The highest BCUT2D eigenvalue weighted by Gasteiger charge is 2.16. The van der Waals surface area contributed by atoms with Crippen molar-refractivity contribution in [2.24, 2.45) is 0 Å². The maximum Gasteiger partial charge on any atom is 0.225 e. The van der Waals surface area contributed by atoms with E-state index < -0.39 is 0 Å². The zero-order valence-electron chi connectivity index (χ0n) is 12.2. The minimum Gasteiger partial charge on any atom is -0.364 e. The predicted octanol–water partition coefficient (Wildman–Crippen LogP) is 3.88. The van der Waals surface area contributed by atoms with Gasteiger partial charge in [-0.05, 0) is 23.6 Å². The molecule has 2 aromatic heterocycles. The second-order valence-electron chi connectivity index (χ2n) is 5.28. The van der Waals surface area contributed by atoms with Gasteiger partial charge in [0.1, 0.15) is 11.3 Å². The van der Waals surface area contributed by atoms with Crippen LogP contribution in [0.2, 0.25) is 5.28 Å². The third-order valence-electron chi connectivity index (χ3n) is 3.38. The molecule has 2 N–H and O–H groups in total. The van der Waals surface area contributed by atoms with E-state index in [0.717, 1.165) is 5.69 Å². The van der Waals surface area contributed by atoms with Crippen LogP contribution in [0.1, 0.15) is 31.0 Å². The fourth-order valence-corrected chi connectivity index (χ4v) is 2.41. The number of hydrogen-bond acceptors (Lipinski definition) is 4. The molecule has 0 fully saturated rings. The highest BCUT2D eigenvalue weighted by molar-refractivity contribution is 6.28. The first-order chi connectivity index (χ1) is 10.6. The summed E-state index contributed by atoms with van der Waals surface area (Å²) in [6, 6.07) is 6.58. The number of anilines is 1. The molecule has 0 atom stereocenters. The SMILES string of the molecule is CC(C)c1[nH]nc2c(NCc3ccccc3F)nc(Cl)nc12. The van der Waals surface area contributed by atoms with Gasteiger partial charge in [0.25, 0.3) is 0 Å². The van der Waals surface area contributed by atoms with Crippen LogP contribution in [0.5, 0.6) is 0 Å². The van der Waals surface area contributed by atoms with Crippen LogP contribution in [0.3, 0.4) is 0 Å². The van der Waals surface area contributed by atoms with Gasteiger partial charge in [-0.15, -0.1) is 0 Å². The Hall–Kier alpha value is -2.21. The maximum absolute atomic E-state index is 13.7. The molecule has 0 unspecified atom stereocenters. The molecule has 0 saturated carbocycles. The average molecular weight is 320 g/mol. The Kier molecular flexibility index (Phi) is 3.94. The molecule has 114 valence electrons. The average Bonchev–Trinajstić information content (AvgIpc) is 2.90. The Morgan fingerprint density at radius 3 is 2.73 bits per heavy atom. The minimum atomic E-state index is -0.267. The molecule has 0 spiro atoms. The van der Waals surface area contributed by atoms with Crippen LogP contribution < -0.4 is 5.32 Å². The van der Waals surface area contributed by atoms with Crippen molar-refractivity contribution in [2.75, 3.05) is 5.32 Å². The van der Waals surface area contributed by atoms with E-state index in [-0.39, 0.29) is 17.0 Å². The molecule has 22 heavy (non-hydrogen) atoms. The highest BCUT2D eigenvalue weighted by Crippen LogP contribution is 2.27. The fraction of sp³-hybridized carbons (Fsp3) is 0.267. The number of fused-ring (bicyclic) bond motifs is 1. The molecular weight excluding hydrogens is 305 g/mol. The molecule has 7 heteroatoms. The summed E-state index contributed by atoms with van der Waals surface area (Å²) in [5.74, 6) is 0.452. The molecular formula is C15H15ClFN5. The van der Waals surface area contributed by atoms with Crippen molar-refractivity contribution in [1.29, 1.82) is 0 Å². The van der Waals surface area contributed by atoms with Crippen molar-refractivity contribution in [2.45, 2.75) is 26.3 Å². The minimum absolute atomic E-state index is 0.131. The number of hydrogen-bond donors (Lipinski definition) is 2. The van der Waals surface area contributed by atoms with Crippen LogP contribution in [0, 0.1) is 5.82 Å². The monoisotopic (exact) mass is 319 g/mol. The van der Waals surface area contributed by atoms with Gasteiger partial charge in [0.05, 0.1) is 5.69 Å². The third kappa shape index (κ3) is 2.74. The molecule has 0 aliphatic carbocycles. The van der Waals surface area contributed by atoms with Crippen LogP contribution in [0.15, 0.2) is 24.3 Å². The molecule has 0 radical (unpaired) electrons. The molecule has 5 nitrogen and oxygen atoms in total. The van der Waals surface area contributed by atoms with Crippen molar-refractivity contribution < 1.29 is 4.39 Å². The normalized spacial score (nSPS) is 11.3. The summed E-state index contributed by atoms with van der Waals surface area (Å²) in [5.41, 5.74) is 2.73. The molecule has 0 saturated heterocycles. The lowest BCUT2D eigenvalue weighted by Gasteiger charge is -2.08. The van der Waals surface area contributed by atoms with Crippen LogP contribution in [0.4, 0.5) is 10.2 Å². The molecule has 1 aromatic carbocycles. The van der Waals surface area contributed by atoms with Crippen molar-refractivity contribution in [3.63, 3.8) is 0 Å². The first kappa shape index (κ1) is 14.7. The maximum atomic E-state index is 13.7. The molecule has 0 aliphatic heterocycles. The summed E-state index contributed by atoms with van der Waals surface area (Å²) < 4.78 is 13.7. The van der Waals surface area contributed by atoms with E-state index in [1.54, 1.807) is 18.2 Å². The van der Waals surface area contributed by atoms with E-state index in [9.17, 15) is 4.39 Å². The van der Waals surface area contributed by atoms with Gasteiger partial charge in [0, 0.05) is 12.1 Å². The summed E-state index contributed by atoms with van der Waals surface area (Å²) in [5, 5.41) is 10.4. The number of benzene rings is 1. The summed E-state index contributed by atoms with van der Waals surface area (Å²) in [7, 11) is 0. The summed E-state index contributed by atoms with van der Waals surface area (Å²) in [6.45, 7) is 4.36. The zero-order valence-corrected chi connectivity index (χ0v) is 12.9. The quantitative estimate of drug-likeness (QED) is 0.716. The number of nitrogens with one attached hydrogen (secondary N) is 2. The second-order valence-corrected chi connectivity index (χ2v) is 5.61. The topological polar surface area (TPSA) is 66.5 Å². The third-order valence-corrected chi connectivity index (χ3v) is 3.55. The van der Waals surface area contributed by atoms with Gasteiger partial charge >= 0.3 is 0 Å². The van der Waals surface area contributed by atoms with Crippen LogP contribution in [-0.2, 0) is 6.54 Å². The lowest BCUT2D eigenvalue weighted by molar-refractivity contribution is 0.613. The van der Waals surface area contributed by atoms with Gasteiger partial charge in [-0.3, -0.25) is 5.10 Å². The van der Waals surface area contributed by atoms with E-state index in [1.165, 1.54) is 6.07 Å². The molecule has 0 amide bonds. The van der Waals surface area contributed by atoms with E-state index in [2.05, 4.69) is 25.5 Å². The number of halogens is 2. The Balaban J connectivity index is 1.95. The van der Waals surface area contributed by atoms with Gasteiger partial charge < -0.3 is 5.32 Å². The summed E-state index contributed by atoms with van der Waals surface area (Å²) >= 11 is 5.99. The molecule has 0 aliphatic rings. The number of nitrogens with zero attached hydrogens (tertiary/aromatic N) is 3. The van der Waals surface area contributed by atoms with E-state index >= 15 is 0 Å². The fourth-order valence-electron chi connectivity index (χ4n) is 2.24. The van der Waals surface area contributed by atoms with Gasteiger partial charge in [0.15, 0.2) is 11.3 Å². The highest BCUT2D eigenvalue weighted by atomic mass is 35.5. The molecule has 3 aromatic rings. The first-order valence-electron chi connectivity index (χ1n) is 6.95. The largest absolute Gasteiger partial charge is 0.364 e. The van der Waals surface area contributed by atoms with Gasteiger partial charge in [-0.1, -0.05) is 32.0 Å². The van der Waals surface area contributed by atoms with Crippen molar-refractivity contribution in [1.82, 2.24) is 20.2 Å². The van der Waals surface area contributed by atoms with Crippen molar-refractivity contribution in [3.8, 4) is 0 Å². The zero-order chi connectivity index (χ0) is 15.7. The number of aromatic amines is 1. The molecule has 3 rings (SSSR count). The number of rotatable bonds is 4. The van der Waals surface area contributed by atoms with E-state index in [4.69, 9.17) is 11.6 Å². The van der Waals surface area contributed by atoms with Crippen molar-refractivity contribution in [3.05, 3.63) is 46.6 Å². The lowest BCUT2D eigenvalue weighted by atomic mass is 10.1. The van der Waals surface area contributed by atoms with Crippen LogP contribution >= 0.6 is 11.6 Å². The number of aromatic nitrogens is 4. The Morgan fingerprint density at radius 2 is 2.00 bits per heavy atom. The van der Waals surface area contributed by atoms with Gasteiger partial charge in [0.2, 0.25) is 5.28 Å². The van der Waals surface area contributed by atoms with Crippen molar-refractivity contribution >= 4 is 28.5 Å². The molecule has 0 bridgehead atoms. The summed E-state index contributed by atoms with van der Waals surface area (Å²) in [6.07, 6.45) is 0. The van der Waals surface area contributed by atoms with Crippen LogP contribution in [0.25, 0.3) is 11.0 Å². The van der Waals surface area contributed by atoms with Gasteiger partial charge in [-0.25, -0.2) is 9.37 Å². The van der Waals surface area contributed by atoms with Gasteiger partial charge in [-0.2, -0.15) is 10.1 Å². The Labute approximate surface area is 131 Å². The lowest BCUT2D eigenvalue weighted by Crippen LogP contribution is -2.05. The standard InChI is InChI=1S/C15H15ClFN5/c1-8(2)11-12-13(22-21-11)14(20-15(16)19-12)18-7-9-5-3-4-6-10(9)17/h3-6,8H,7H2,1-2H3,(H,21,22)(H,18,19,20). The first-order valence-corrected chi connectivity index (χ1v) is 7.33. The van der Waals surface area contributed by atoms with E-state index in [0.29, 0.717) is 29.0 Å². The predicted molar refractivity (Wildman–Crippen MR) is 84.5 cm³/mol. The smallest absolute Gasteiger partial charge is 0.225 e. The number of H-pyrrole nitrogens is 1. The summed E-state index contributed by atoms with van der Waals surface area (Å²) in [4.78, 5) is 8.39. The van der Waals surface area contributed by atoms with E-state index in [1.807, 2.05) is 13.8 Å².